The fraction of sp³-hybridized carbons (Fsp3) is 0.316. The maximum atomic E-state index is 12.7. The third-order valence-electron chi connectivity index (χ3n) is 4.36. The van der Waals surface area contributed by atoms with E-state index in [0.717, 1.165) is 22.2 Å². The van der Waals surface area contributed by atoms with Crippen molar-refractivity contribution in [2.45, 2.75) is 26.4 Å². The van der Waals surface area contributed by atoms with Crippen molar-refractivity contribution < 1.29 is 22.9 Å². The number of ether oxygens (including phenoxy) is 1. The molecule has 0 radical (unpaired) electrons. The van der Waals surface area contributed by atoms with E-state index in [1.54, 1.807) is 38.3 Å². The van der Waals surface area contributed by atoms with Crippen molar-refractivity contribution in [3.05, 3.63) is 63.7 Å². The van der Waals surface area contributed by atoms with Crippen LogP contribution in [0, 0.1) is 17.0 Å². The van der Waals surface area contributed by atoms with Crippen LogP contribution in [0.25, 0.3) is 0 Å². The number of nitrogens with one attached hydrogen (secondary N) is 1. The largest absolute Gasteiger partial charge is 0.497 e. The highest BCUT2D eigenvalue weighted by Crippen LogP contribution is 2.29. The number of nitro benzene ring substituents is 1. The molecule has 0 unspecified atom stereocenters. The molecule has 0 aliphatic rings. The van der Waals surface area contributed by atoms with E-state index in [0.29, 0.717) is 11.3 Å². The minimum Gasteiger partial charge on any atom is -0.497 e. The maximum Gasteiger partial charge on any atom is 0.271 e. The Bertz CT molecular complexity index is 1010. The van der Waals surface area contributed by atoms with Crippen LogP contribution >= 0.6 is 0 Å². The lowest BCUT2D eigenvalue weighted by Gasteiger charge is -2.29. The summed E-state index contributed by atoms with van der Waals surface area (Å²) < 4.78 is 30.8. The molecule has 10 heteroatoms. The van der Waals surface area contributed by atoms with Gasteiger partial charge in [0.1, 0.15) is 11.8 Å². The fourth-order valence-electron chi connectivity index (χ4n) is 2.81. The number of nitro groups is 1. The summed E-state index contributed by atoms with van der Waals surface area (Å²) >= 11 is 0. The van der Waals surface area contributed by atoms with Crippen molar-refractivity contribution in [3.63, 3.8) is 0 Å². The monoisotopic (exact) mass is 421 g/mol. The quantitative estimate of drug-likeness (QED) is 0.516. The molecule has 0 saturated carbocycles. The highest BCUT2D eigenvalue weighted by molar-refractivity contribution is 7.92. The van der Waals surface area contributed by atoms with Gasteiger partial charge in [-0.3, -0.25) is 19.2 Å². The number of methoxy groups -OCH3 is 1. The topological polar surface area (TPSA) is 119 Å². The summed E-state index contributed by atoms with van der Waals surface area (Å²) in [5.74, 6) is 0.148. The van der Waals surface area contributed by atoms with Gasteiger partial charge in [0, 0.05) is 18.7 Å². The van der Waals surface area contributed by atoms with Crippen molar-refractivity contribution in [2.24, 2.45) is 0 Å². The van der Waals surface area contributed by atoms with Gasteiger partial charge in [0.15, 0.2) is 0 Å². The molecular formula is C19H23N3O6S. The van der Waals surface area contributed by atoms with E-state index < -0.39 is 26.9 Å². The Kier molecular flexibility index (Phi) is 6.80. The molecule has 0 aromatic heterocycles. The first kappa shape index (κ1) is 22.2. The van der Waals surface area contributed by atoms with Gasteiger partial charge in [0.05, 0.1) is 24.0 Å². The normalized spacial score (nSPS) is 12.1. The van der Waals surface area contributed by atoms with Gasteiger partial charge in [-0.2, -0.15) is 0 Å². The summed E-state index contributed by atoms with van der Waals surface area (Å²) in [6, 6.07) is 9.85. The summed E-state index contributed by atoms with van der Waals surface area (Å²) in [6.07, 6.45) is 0.957. The molecule has 0 bridgehead atoms. The number of hydrogen-bond donors (Lipinski definition) is 1. The Morgan fingerprint density at radius 3 is 2.38 bits per heavy atom. The van der Waals surface area contributed by atoms with Crippen LogP contribution < -0.4 is 14.4 Å². The summed E-state index contributed by atoms with van der Waals surface area (Å²) in [6.45, 7) is 3.25. The molecule has 0 aliphatic carbocycles. The van der Waals surface area contributed by atoms with E-state index in [9.17, 15) is 23.3 Å². The number of non-ortho nitro benzene ring substituents is 1. The van der Waals surface area contributed by atoms with Crippen LogP contribution in [0.3, 0.4) is 0 Å². The number of benzene rings is 2. The zero-order chi connectivity index (χ0) is 21.8. The molecule has 9 nitrogen and oxygen atoms in total. The minimum atomic E-state index is -3.89. The predicted octanol–water partition coefficient (Wildman–Crippen LogP) is 2.38. The first-order valence-corrected chi connectivity index (χ1v) is 10.5. The van der Waals surface area contributed by atoms with E-state index in [1.807, 2.05) is 0 Å². The average Bonchev–Trinajstić information content (AvgIpc) is 2.66. The van der Waals surface area contributed by atoms with Crippen LogP contribution in [0.15, 0.2) is 42.5 Å². The van der Waals surface area contributed by atoms with Crippen molar-refractivity contribution >= 4 is 27.3 Å². The zero-order valence-corrected chi connectivity index (χ0v) is 17.4. The first-order valence-electron chi connectivity index (χ1n) is 8.69. The second-order valence-electron chi connectivity index (χ2n) is 6.53. The molecule has 0 saturated heterocycles. The van der Waals surface area contributed by atoms with Gasteiger partial charge >= 0.3 is 0 Å². The number of carbonyl (C=O) groups is 1. The number of aryl methyl sites for hydroxylation is 1. The Morgan fingerprint density at radius 2 is 1.86 bits per heavy atom. The van der Waals surface area contributed by atoms with Crippen LogP contribution in [0.1, 0.15) is 18.1 Å². The molecule has 2 aromatic carbocycles. The van der Waals surface area contributed by atoms with Gasteiger partial charge in [-0.15, -0.1) is 0 Å². The molecule has 2 aromatic rings. The van der Waals surface area contributed by atoms with E-state index in [-0.39, 0.29) is 17.9 Å². The first-order chi connectivity index (χ1) is 13.5. The summed E-state index contributed by atoms with van der Waals surface area (Å²) in [5.41, 5.74) is 1.14. The molecule has 1 N–H and O–H groups in total. The Labute approximate surface area is 169 Å². The van der Waals surface area contributed by atoms with Crippen molar-refractivity contribution in [3.8, 4) is 5.75 Å². The van der Waals surface area contributed by atoms with Gasteiger partial charge in [0.25, 0.3) is 5.69 Å². The number of sulfonamides is 1. The van der Waals surface area contributed by atoms with Gasteiger partial charge in [0.2, 0.25) is 15.9 Å². The van der Waals surface area contributed by atoms with E-state index in [1.165, 1.54) is 19.1 Å². The van der Waals surface area contributed by atoms with Crippen LogP contribution in [0.2, 0.25) is 0 Å². The van der Waals surface area contributed by atoms with Crippen LogP contribution in [-0.2, 0) is 21.4 Å². The van der Waals surface area contributed by atoms with Gasteiger partial charge in [-0.05, 0) is 37.1 Å². The molecular weight excluding hydrogens is 398 g/mol. The second-order valence-corrected chi connectivity index (χ2v) is 8.39. The third kappa shape index (κ3) is 5.44. The molecule has 0 aliphatic heterocycles. The number of carbonyl (C=O) groups excluding carboxylic acids is 1. The predicted molar refractivity (Wildman–Crippen MR) is 109 cm³/mol. The maximum absolute atomic E-state index is 12.7. The number of nitrogens with zero attached hydrogens (tertiary/aromatic N) is 2. The Morgan fingerprint density at radius 1 is 1.24 bits per heavy atom. The van der Waals surface area contributed by atoms with Gasteiger partial charge in [-0.1, -0.05) is 18.2 Å². The Hall–Kier alpha value is -3.14. The second kappa shape index (κ2) is 8.91. The third-order valence-corrected chi connectivity index (χ3v) is 5.58. The average molecular weight is 421 g/mol. The minimum absolute atomic E-state index is 0.0915. The van der Waals surface area contributed by atoms with Crippen molar-refractivity contribution in [1.82, 2.24) is 5.32 Å². The Balaban J connectivity index is 2.27. The van der Waals surface area contributed by atoms with Crippen LogP contribution in [0.4, 0.5) is 11.4 Å². The fourth-order valence-corrected chi connectivity index (χ4v) is 4.03. The molecule has 2 rings (SSSR count). The number of anilines is 1. The highest BCUT2D eigenvalue weighted by atomic mass is 32.2. The molecule has 0 heterocycles. The SMILES string of the molecule is COc1ccc(CNC(=O)[C@H](C)N(c2cc([N+](=O)[O-])ccc2C)S(C)(=O)=O)cc1. The molecule has 0 spiro atoms. The number of rotatable bonds is 8. The van der Waals surface area contributed by atoms with Gasteiger partial charge in [-0.25, -0.2) is 8.42 Å². The van der Waals surface area contributed by atoms with E-state index >= 15 is 0 Å². The molecule has 29 heavy (non-hydrogen) atoms. The molecule has 0 fully saturated rings. The lowest BCUT2D eigenvalue weighted by molar-refractivity contribution is -0.384. The molecule has 1 atom stereocenters. The highest BCUT2D eigenvalue weighted by Gasteiger charge is 2.31. The summed E-state index contributed by atoms with van der Waals surface area (Å²) in [5, 5.41) is 13.8. The lowest BCUT2D eigenvalue weighted by atomic mass is 10.1. The summed E-state index contributed by atoms with van der Waals surface area (Å²) in [4.78, 5) is 23.1. The van der Waals surface area contributed by atoms with Gasteiger partial charge < -0.3 is 10.1 Å². The van der Waals surface area contributed by atoms with Crippen LogP contribution in [-0.4, -0.2) is 38.7 Å². The smallest absolute Gasteiger partial charge is 0.271 e. The van der Waals surface area contributed by atoms with E-state index in [2.05, 4.69) is 5.32 Å². The zero-order valence-electron chi connectivity index (χ0n) is 16.6. The lowest BCUT2D eigenvalue weighted by Crippen LogP contribution is -2.48. The standard InChI is InChI=1S/C19H23N3O6S/c1-13-5-8-16(22(24)25)11-18(13)21(29(4,26)27)14(2)19(23)20-12-15-6-9-17(28-3)10-7-15/h5-11,14H,12H2,1-4H3,(H,20,23)/t14-/m0/s1. The van der Waals surface area contributed by atoms with Crippen molar-refractivity contribution in [2.75, 3.05) is 17.7 Å². The number of amides is 1. The molecule has 156 valence electrons. The molecule has 1 amide bonds. The van der Waals surface area contributed by atoms with Crippen LogP contribution in [0.5, 0.6) is 5.75 Å². The van der Waals surface area contributed by atoms with E-state index in [4.69, 9.17) is 4.74 Å². The van der Waals surface area contributed by atoms with Crippen molar-refractivity contribution in [1.29, 1.82) is 0 Å². The number of hydrogen-bond acceptors (Lipinski definition) is 6. The summed E-state index contributed by atoms with van der Waals surface area (Å²) in [7, 11) is -2.34.